The molecule has 7 heteroatoms. The second-order valence-electron chi connectivity index (χ2n) is 5.90. The number of aromatic nitrogens is 1. The molecule has 1 amide bonds. The lowest BCUT2D eigenvalue weighted by Crippen LogP contribution is -2.23. The Labute approximate surface area is 167 Å². The Hall–Kier alpha value is -3.38. The maximum Gasteiger partial charge on any atom is 0.337 e. The largest absolute Gasteiger partial charge is 0.465 e. The zero-order valence-corrected chi connectivity index (χ0v) is 15.9. The highest BCUT2D eigenvalue weighted by Gasteiger charge is 2.09. The lowest BCUT2D eigenvalue weighted by atomic mass is 10.2. The van der Waals surface area contributed by atoms with E-state index in [0.29, 0.717) is 28.5 Å². The predicted molar refractivity (Wildman–Crippen MR) is 108 cm³/mol. The molecule has 1 aromatic heterocycles. The van der Waals surface area contributed by atoms with Crippen molar-refractivity contribution in [1.82, 2.24) is 10.3 Å². The van der Waals surface area contributed by atoms with Crippen LogP contribution in [0.5, 0.6) is 0 Å². The Balaban J connectivity index is 1.65. The summed E-state index contributed by atoms with van der Waals surface area (Å²) in [6.07, 6.45) is 1.55. The van der Waals surface area contributed by atoms with E-state index < -0.39 is 5.97 Å². The lowest BCUT2D eigenvalue weighted by Gasteiger charge is -2.09. The van der Waals surface area contributed by atoms with Crippen molar-refractivity contribution in [3.8, 4) is 0 Å². The number of benzene rings is 2. The van der Waals surface area contributed by atoms with E-state index in [2.05, 4.69) is 20.4 Å². The molecule has 3 aromatic rings. The van der Waals surface area contributed by atoms with Crippen LogP contribution in [0.2, 0.25) is 5.02 Å². The van der Waals surface area contributed by atoms with Gasteiger partial charge >= 0.3 is 5.97 Å². The van der Waals surface area contributed by atoms with Crippen molar-refractivity contribution in [3.05, 3.63) is 88.6 Å². The van der Waals surface area contributed by atoms with E-state index in [4.69, 9.17) is 11.6 Å². The van der Waals surface area contributed by atoms with Crippen molar-refractivity contribution in [2.24, 2.45) is 0 Å². The summed E-state index contributed by atoms with van der Waals surface area (Å²) >= 11 is 6.11. The molecule has 0 fully saturated rings. The molecule has 2 N–H and O–H groups in total. The molecular formula is C21H18ClN3O3. The SMILES string of the molecule is COC(=O)c1ccc(Nc2cc(C(=O)NCc3ccccc3Cl)ccn2)cc1. The highest BCUT2D eigenvalue weighted by Crippen LogP contribution is 2.17. The van der Waals surface area contributed by atoms with Gasteiger partial charge in [0.15, 0.2) is 0 Å². The van der Waals surface area contributed by atoms with Crippen LogP contribution in [0.15, 0.2) is 66.9 Å². The monoisotopic (exact) mass is 395 g/mol. The van der Waals surface area contributed by atoms with Gasteiger partial charge < -0.3 is 15.4 Å². The van der Waals surface area contributed by atoms with Crippen LogP contribution >= 0.6 is 11.6 Å². The zero-order chi connectivity index (χ0) is 19.9. The molecular weight excluding hydrogens is 378 g/mol. The van der Waals surface area contributed by atoms with Gasteiger partial charge in [0.05, 0.1) is 12.7 Å². The molecule has 0 radical (unpaired) electrons. The summed E-state index contributed by atoms with van der Waals surface area (Å²) in [5, 5.41) is 6.55. The van der Waals surface area contributed by atoms with Gasteiger partial charge in [0, 0.05) is 29.0 Å². The van der Waals surface area contributed by atoms with Crippen LogP contribution in [0.1, 0.15) is 26.3 Å². The Morgan fingerprint density at radius 2 is 1.79 bits per heavy atom. The number of rotatable bonds is 6. The molecule has 6 nitrogen and oxygen atoms in total. The summed E-state index contributed by atoms with van der Waals surface area (Å²) in [4.78, 5) is 28.1. The summed E-state index contributed by atoms with van der Waals surface area (Å²) in [5.74, 6) is -0.121. The third kappa shape index (κ3) is 4.86. The van der Waals surface area contributed by atoms with E-state index in [1.807, 2.05) is 18.2 Å². The highest BCUT2D eigenvalue weighted by molar-refractivity contribution is 6.31. The van der Waals surface area contributed by atoms with Gasteiger partial charge in [-0.15, -0.1) is 0 Å². The first-order valence-corrected chi connectivity index (χ1v) is 8.87. The molecule has 0 atom stereocenters. The Morgan fingerprint density at radius 1 is 1.04 bits per heavy atom. The van der Waals surface area contributed by atoms with Crippen molar-refractivity contribution in [2.75, 3.05) is 12.4 Å². The van der Waals surface area contributed by atoms with Crippen molar-refractivity contribution in [1.29, 1.82) is 0 Å². The normalized spacial score (nSPS) is 10.2. The molecule has 0 aliphatic rings. The number of nitrogens with zero attached hydrogens (tertiary/aromatic N) is 1. The quantitative estimate of drug-likeness (QED) is 0.611. The van der Waals surface area contributed by atoms with Crippen LogP contribution in [0, 0.1) is 0 Å². The summed E-state index contributed by atoms with van der Waals surface area (Å²) < 4.78 is 4.67. The van der Waals surface area contributed by atoms with E-state index >= 15 is 0 Å². The number of methoxy groups -OCH3 is 1. The van der Waals surface area contributed by atoms with Gasteiger partial charge in [-0.3, -0.25) is 4.79 Å². The Kier molecular flexibility index (Phi) is 6.24. The maximum atomic E-state index is 12.4. The molecule has 28 heavy (non-hydrogen) atoms. The van der Waals surface area contributed by atoms with Crippen molar-refractivity contribution < 1.29 is 14.3 Å². The first-order valence-electron chi connectivity index (χ1n) is 8.50. The highest BCUT2D eigenvalue weighted by atomic mass is 35.5. The maximum absolute atomic E-state index is 12.4. The van der Waals surface area contributed by atoms with Gasteiger partial charge in [0.25, 0.3) is 5.91 Å². The number of nitrogens with one attached hydrogen (secondary N) is 2. The first kappa shape index (κ1) is 19.4. The predicted octanol–water partition coefficient (Wildman–Crippen LogP) is 4.20. The van der Waals surface area contributed by atoms with Crippen LogP contribution in [0.3, 0.4) is 0 Å². The Bertz CT molecular complexity index is 990. The number of carbonyl (C=O) groups excluding carboxylic acids is 2. The summed E-state index contributed by atoms with van der Waals surface area (Å²) in [6, 6.07) is 17.4. The second-order valence-corrected chi connectivity index (χ2v) is 6.30. The second kappa shape index (κ2) is 9.01. The number of carbonyl (C=O) groups is 2. The summed E-state index contributed by atoms with van der Waals surface area (Å²) in [5.41, 5.74) is 2.49. The molecule has 0 aliphatic carbocycles. The van der Waals surface area contributed by atoms with Gasteiger partial charge in [-0.25, -0.2) is 9.78 Å². The summed E-state index contributed by atoms with van der Waals surface area (Å²) in [7, 11) is 1.33. The number of amides is 1. The fourth-order valence-electron chi connectivity index (χ4n) is 2.51. The van der Waals surface area contributed by atoms with Crippen LogP contribution < -0.4 is 10.6 Å². The molecule has 0 bridgehead atoms. The lowest BCUT2D eigenvalue weighted by molar-refractivity contribution is 0.0600. The molecule has 142 valence electrons. The number of pyridine rings is 1. The average molecular weight is 396 g/mol. The minimum Gasteiger partial charge on any atom is -0.465 e. The van der Waals surface area contributed by atoms with Crippen LogP contribution in [-0.4, -0.2) is 24.0 Å². The molecule has 0 saturated carbocycles. The molecule has 3 rings (SSSR count). The number of ether oxygens (including phenoxy) is 1. The molecule has 2 aromatic carbocycles. The van der Waals surface area contributed by atoms with Crippen LogP contribution in [0.25, 0.3) is 0 Å². The number of hydrogen-bond donors (Lipinski definition) is 2. The van der Waals surface area contributed by atoms with E-state index in [1.165, 1.54) is 7.11 Å². The zero-order valence-electron chi connectivity index (χ0n) is 15.1. The van der Waals surface area contributed by atoms with Crippen molar-refractivity contribution >= 4 is 35.0 Å². The fourth-order valence-corrected chi connectivity index (χ4v) is 2.72. The summed E-state index contributed by atoms with van der Waals surface area (Å²) in [6.45, 7) is 0.332. The van der Waals surface area contributed by atoms with E-state index in [0.717, 1.165) is 11.3 Å². The molecule has 0 unspecified atom stereocenters. The van der Waals surface area contributed by atoms with Gasteiger partial charge in [-0.05, 0) is 48.0 Å². The van der Waals surface area contributed by atoms with E-state index in [1.54, 1.807) is 48.7 Å². The van der Waals surface area contributed by atoms with Crippen molar-refractivity contribution in [3.63, 3.8) is 0 Å². The molecule has 0 saturated heterocycles. The standard InChI is InChI=1S/C21H18ClN3O3/c1-28-21(27)14-6-8-17(9-7-14)25-19-12-15(10-11-23-19)20(26)24-13-16-4-2-3-5-18(16)22/h2-12H,13H2,1H3,(H,23,25)(H,24,26). The van der Waals surface area contributed by atoms with E-state index in [-0.39, 0.29) is 5.91 Å². The topological polar surface area (TPSA) is 80.3 Å². The van der Waals surface area contributed by atoms with Crippen LogP contribution in [0.4, 0.5) is 11.5 Å². The third-order valence-corrected chi connectivity index (χ3v) is 4.37. The van der Waals surface area contributed by atoms with Gasteiger partial charge in [0.2, 0.25) is 0 Å². The third-order valence-electron chi connectivity index (χ3n) is 4.00. The molecule has 0 spiro atoms. The number of anilines is 2. The minimum atomic E-state index is -0.401. The van der Waals surface area contributed by atoms with Gasteiger partial charge in [0.1, 0.15) is 5.82 Å². The number of halogens is 1. The fraction of sp³-hybridized carbons (Fsp3) is 0.0952. The van der Waals surface area contributed by atoms with Crippen LogP contribution in [-0.2, 0) is 11.3 Å². The molecule has 0 aliphatic heterocycles. The number of hydrogen-bond acceptors (Lipinski definition) is 5. The average Bonchev–Trinajstić information content (AvgIpc) is 2.73. The van der Waals surface area contributed by atoms with E-state index in [9.17, 15) is 9.59 Å². The first-order chi connectivity index (χ1) is 13.6. The minimum absolute atomic E-state index is 0.230. The van der Waals surface area contributed by atoms with Crippen molar-refractivity contribution in [2.45, 2.75) is 6.54 Å². The number of esters is 1. The Morgan fingerprint density at radius 3 is 2.50 bits per heavy atom. The smallest absolute Gasteiger partial charge is 0.337 e. The van der Waals surface area contributed by atoms with Gasteiger partial charge in [-0.2, -0.15) is 0 Å². The molecule has 1 heterocycles. The van der Waals surface area contributed by atoms with Gasteiger partial charge in [-0.1, -0.05) is 29.8 Å².